The van der Waals surface area contributed by atoms with Gasteiger partial charge in [0, 0.05) is 0 Å². The fourth-order valence-electron chi connectivity index (χ4n) is 0.440. The summed E-state index contributed by atoms with van der Waals surface area (Å²) in [6.45, 7) is 6.00. The van der Waals surface area contributed by atoms with Crippen molar-refractivity contribution in [3.8, 4) is 0 Å². The maximum absolute atomic E-state index is 10.2. The molecule has 0 saturated heterocycles. The lowest BCUT2D eigenvalue weighted by Gasteiger charge is -2.17. The summed E-state index contributed by atoms with van der Waals surface area (Å²) in [5.41, 5.74) is -0.322. The molecule has 0 heterocycles. The smallest absolute Gasteiger partial charge is 0.127 e. The molecule has 0 spiro atoms. The summed E-state index contributed by atoms with van der Waals surface area (Å²) < 4.78 is 0. The van der Waals surface area contributed by atoms with Gasteiger partial charge >= 0.3 is 0 Å². The first-order valence-electron chi connectivity index (χ1n) is 2.93. The van der Waals surface area contributed by atoms with E-state index in [0.717, 1.165) is 12.6 Å². The molecule has 0 aliphatic rings. The predicted molar refractivity (Wildman–Crippen MR) is 39.2 cm³/mol. The van der Waals surface area contributed by atoms with Crippen LogP contribution in [0.3, 0.4) is 0 Å². The summed E-state index contributed by atoms with van der Waals surface area (Å²) in [5, 5.41) is 0. The lowest BCUT2D eigenvalue weighted by atomic mass is 10.5. The Morgan fingerprint density at radius 2 is 1.44 bits per heavy atom. The Hall–Kier alpha value is -0.443. The third-order valence-corrected chi connectivity index (χ3v) is 3.57. The summed E-state index contributed by atoms with van der Waals surface area (Å²) in [6, 6.07) is 0. The molecule has 0 aromatic rings. The monoisotopic (exact) mass is 144 g/mol. The van der Waals surface area contributed by atoms with Gasteiger partial charge in [-0.3, -0.25) is 0 Å². The molecule has 0 amide bonds. The van der Waals surface area contributed by atoms with Crippen LogP contribution in [0.25, 0.3) is 0 Å². The first-order valence-corrected chi connectivity index (χ1v) is 6.50. The first kappa shape index (κ1) is 8.56. The molecule has 52 valence electrons. The number of rotatable bonds is 3. The Bertz CT molecular complexity index is 107. The number of carbonyl (C=O) groups is 2. The molecule has 0 N–H and O–H groups in total. The molecule has 0 rings (SSSR count). The molecule has 0 aromatic carbocycles. The van der Waals surface area contributed by atoms with Crippen molar-refractivity contribution < 1.29 is 9.59 Å². The zero-order valence-electron chi connectivity index (χ0n) is 6.05. The van der Waals surface area contributed by atoms with E-state index in [0.29, 0.717) is 0 Å². The Morgan fingerprint density at radius 1 is 1.11 bits per heavy atom. The minimum absolute atomic E-state index is 0.322. The van der Waals surface area contributed by atoms with Crippen LogP contribution >= 0.6 is 0 Å². The van der Waals surface area contributed by atoms with E-state index in [-0.39, 0.29) is 5.54 Å². The van der Waals surface area contributed by atoms with E-state index in [2.05, 4.69) is 0 Å². The van der Waals surface area contributed by atoms with Gasteiger partial charge in [-0.2, -0.15) is 0 Å². The summed E-state index contributed by atoms with van der Waals surface area (Å²) >= 11 is 0. The van der Waals surface area contributed by atoms with E-state index in [1.165, 1.54) is 0 Å². The topological polar surface area (TPSA) is 34.1 Å². The van der Waals surface area contributed by atoms with E-state index >= 15 is 0 Å². The van der Waals surface area contributed by atoms with Gasteiger partial charge in [0.15, 0.2) is 0 Å². The molecule has 2 nitrogen and oxygen atoms in total. The van der Waals surface area contributed by atoms with Crippen LogP contribution in [0.2, 0.25) is 25.2 Å². The van der Waals surface area contributed by atoms with Gasteiger partial charge in [-0.05, 0) is 0 Å². The Labute approximate surface area is 56.3 Å². The maximum atomic E-state index is 10.2. The minimum Gasteiger partial charge on any atom is -0.303 e. The summed E-state index contributed by atoms with van der Waals surface area (Å²) in [4.78, 5) is 20.4. The Kier molecular flexibility index (Phi) is 2.77. The highest BCUT2D eigenvalue weighted by Gasteiger charge is 2.25. The van der Waals surface area contributed by atoms with E-state index in [1.54, 1.807) is 0 Å². The molecule has 0 aromatic heterocycles. The number of carbonyl (C=O) groups excluding carboxylic acids is 2. The normalized spacial score (nSPS) is 11.6. The maximum Gasteiger partial charge on any atom is 0.127 e. The second kappa shape index (κ2) is 2.92. The molecule has 0 radical (unpaired) electrons. The van der Waals surface area contributed by atoms with Crippen molar-refractivity contribution in [1.29, 1.82) is 0 Å². The van der Waals surface area contributed by atoms with Crippen LogP contribution in [0.4, 0.5) is 0 Å². The van der Waals surface area contributed by atoms with Crippen molar-refractivity contribution >= 4 is 20.6 Å². The first-order chi connectivity index (χ1) is 4.02. The molecule has 0 unspecified atom stereocenters. The molecule has 9 heavy (non-hydrogen) atoms. The molecule has 0 fully saturated rings. The van der Waals surface area contributed by atoms with Crippen LogP contribution in [-0.4, -0.2) is 20.6 Å². The molecule has 0 atom stereocenters. The lowest BCUT2D eigenvalue weighted by Crippen LogP contribution is -2.29. The van der Waals surface area contributed by atoms with Crippen molar-refractivity contribution in [2.75, 3.05) is 0 Å². The molecule has 0 saturated carbocycles. The van der Waals surface area contributed by atoms with Crippen molar-refractivity contribution in [1.82, 2.24) is 0 Å². The van der Waals surface area contributed by atoms with Gasteiger partial charge in [0.25, 0.3) is 0 Å². The van der Waals surface area contributed by atoms with Crippen molar-refractivity contribution in [2.24, 2.45) is 0 Å². The van der Waals surface area contributed by atoms with Crippen LogP contribution in [0, 0.1) is 0 Å². The average Bonchev–Trinajstić information content (AvgIpc) is 1.65. The average molecular weight is 144 g/mol. The molecule has 3 heteroatoms. The third-order valence-electron chi connectivity index (χ3n) is 1.29. The van der Waals surface area contributed by atoms with Gasteiger partial charge in [0.05, 0.1) is 13.6 Å². The predicted octanol–water partition coefficient (Wildman–Crippen LogP) is 1.09. The van der Waals surface area contributed by atoms with Gasteiger partial charge in [-0.1, -0.05) is 19.6 Å². The van der Waals surface area contributed by atoms with Gasteiger partial charge in [-0.25, -0.2) is 0 Å². The van der Waals surface area contributed by atoms with E-state index in [9.17, 15) is 9.59 Å². The van der Waals surface area contributed by atoms with Crippen LogP contribution in [0.5, 0.6) is 0 Å². The molecular formula is C6H12O2Si. The summed E-state index contributed by atoms with van der Waals surface area (Å²) in [5.74, 6) is 0. The van der Waals surface area contributed by atoms with Crippen molar-refractivity contribution in [2.45, 2.75) is 25.2 Å². The van der Waals surface area contributed by atoms with Gasteiger partial charge in [0.2, 0.25) is 0 Å². The van der Waals surface area contributed by atoms with Crippen LogP contribution < -0.4 is 0 Å². The number of hydrogen-bond donors (Lipinski definition) is 0. The third kappa shape index (κ3) is 2.55. The molecule has 0 aliphatic carbocycles. The second-order valence-corrected chi connectivity index (χ2v) is 8.56. The summed E-state index contributed by atoms with van der Waals surface area (Å²) in [7, 11) is -1.52. The molecular weight excluding hydrogens is 132 g/mol. The minimum atomic E-state index is -1.52. The highest BCUT2D eigenvalue weighted by Crippen LogP contribution is 2.15. The van der Waals surface area contributed by atoms with Crippen molar-refractivity contribution in [3.63, 3.8) is 0 Å². The van der Waals surface area contributed by atoms with Gasteiger partial charge in [-0.15, -0.1) is 0 Å². The van der Waals surface area contributed by atoms with Crippen molar-refractivity contribution in [3.05, 3.63) is 0 Å². The SMILES string of the molecule is C[Si](C)(C)C(C=O)C=O. The Balaban J connectivity index is 4.11. The van der Waals surface area contributed by atoms with Crippen LogP contribution in [0.1, 0.15) is 0 Å². The van der Waals surface area contributed by atoms with Gasteiger partial charge < -0.3 is 9.59 Å². The standard InChI is InChI=1S/C6H12O2Si/c1-9(2,3)6(4-7)5-8/h4-6H,1-3H3. The zero-order valence-corrected chi connectivity index (χ0v) is 7.05. The van der Waals surface area contributed by atoms with E-state index in [1.807, 2.05) is 19.6 Å². The fourth-order valence-corrected chi connectivity index (χ4v) is 1.26. The second-order valence-electron chi connectivity index (χ2n) is 3.16. The zero-order chi connectivity index (χ0) is 7.49. The highest BCUT2D eigenvalue weighted by molar-refractivity contribution is 6.82. The van der Waals surface area contributed by atoms with Gasteiger partial charge in [0.1, 0.15) is 12.6 Å². The lowest BCUT2D eigenvalue weighted by molar-refractivity contribution is -0.114. The summed E-state index contributed by atoms with van der Waals surface area (Å²) in [6.07, 6.45) is 1.50. The van der Waals surface area contributed by atoms with E-state index in [4.69, 9.17) is 0 Å². The molecule has 0 bridgehead atoms. The quantitative estimate of drug-likeness (QED) is 0.337. The number of hydrogen-bond acceptors (Lipinski definition) is 2. The van der Waals surface area contributed by atoms with E-state index < -0.39 is 8.07 Å². The van der Waals surface area contributed by atoms with Crippen LogP contribution in [0.15, 0.2) is 0 Å². The molecule has 0 aliphatic heterocycles. The van der Waals surface area contributed by atoms with Crippen LogP contribution in [-0.2, 0) is 9.59 Å². The highest BCUT2D eigenvalue weighted by atomic mass is 28.3. The fraction of sp³-hybridized carbons (Fsp3) is 0.667. The number of aldehydes is 2. The largest absolute Gasteiger partial charge is 0.303 e. The Morgan fingerprint density at radius 3 is 1.44 bits per heavy atom.